The summed E-state index contributed by atoms with van der Waals surface area (Å²) in [6.07, 6.45) is 8.72. The van der Waals surface area contributed by atoms with E-state index in [1.54, 1.807) is 0 Å². The molecule has 1 aliphatic carbocycles. The van der Waals surface area contributed by atoms with Crippen molar-refractivity contribution in [2.45, 2.75) is 70.8 Å². The van der Waals surface area contributed by atoms with Crippen LogP contribution in [0.2, 0.25) is 0 Å². The highest BCUT2D eigenvalue weighted by molar-refractivity contribution is 8.55. The van der Waals surface area contributed by atoms with Crippen LogP contribution in [0.1, 0.15) is 53.4 Å². The molecular weight excluding hydrogens is 267 g/mol. The van der Waals surface area contributed by atoms with E-state index in [1.165, 1.54) is 24.2 Å². The van der Waals surface area contributed by atoms with E-state index in [2.05, 4.69) is 12.2 Å². The van der Waals surface area contributed by atoms with Gasteiger partial charge in [-0.3, -0.25) is 9.05 Å². The summed E-state index contributed by atoms with van der Waals surface area (Å²) >= 11 is 1.36. The molecule has 1 rings (SSSR count). The summed E-state index contributed by atoms with van der Waals surface area (Å²) in [6, 6.07) is 0. The Bertz CT molecular complexity index is 301. The van der Waals surface area contributed by atoms with Crippen molar-refractivity contribution in [3.63, 3.8) is 0 Å². The third-order valence-electron chi connectivity index (χ3n) is 2.40. The van der Waals surface area contributed by atoms with Crippen molar-refractivity contribution in [2.75, 3.05) is 0 Å². The maximum atomic E-state index is 12.7. The van der Waals surface area contributed by atoms with Crippen molar-refractivity contribution in [3.8, 4) is 0 Å². The molecule has 0 saturated heterocycles. The predicted molar refractivity (Wildman–Crippen MR) is 79.0 cm³/mol. The summed E-state index contributed by atoms with van der Waals surface area (Å²) < 4.78 is 23.8. The molecule has 3 nitrogen and oxygen atoms in total. The lowest BCUT2D eigenvalue weighted by Crippen LogP contribution is -2.08. The second-order valence-corrected chi connectivity index (χ2v) is 9.22. The molecule has 0 aromatic rings. The van der Waals surface area contributed by atoms with Crippen molar-refractivity contribution in [2.24, 2.45) is 0 Å². The second-order valence-electron chi connectivity index (χ2n) is 5.11. The first kappa shape index (κ1) is 16.3. The highest BCUT2D eigenvalue weighted by Gasteiger charge is 2.32. The molecule has 0 heterocycles. The van der Waals surface area contributed by atoms with Gasteiger partial charge in [-0.15, -0.1) is 0 Å². The lowest BCUT2D eigenvalue weighted by Gasteiger charge is -2.24. The average Bonchev–Trinajstić information content (AvgIpc) is 2.42. The minimum Gasteiger partial charge on any atom is -0.298 e. The molecule has 0 aliphatic heterocycles. The van der Waals surface area contributed by atoms with E-state index in [0.29, 0.717) is 0 Å². The number of hydrogen-bond acceptors (Lipinski definition) is 4. The molecule has 0 amide bonds. The van der Waals surface area contributed by atoms with Crippen LogP contribution in [0.25, 0.3) is 0 Å². The van der Waals surface area contributed by atoms with E-state index >= 15 is 0 Å². The molecule has 1 atom stereocenters. The fourth-order valence-electron chi connectivity index (χ4n) is 1.80. The summed E-state index contributed by atoms with van der Waals surface area (Å²) in [5.74, 6) is 0. The van der Waals surface area contributed by atoms with Gasteiger partial charge in [0.05, 0.1) is 12.2 Å². The fourth-order valence-corrected chi connectivity index (χ4v) is 6.62. The third-order valence-corrected chi connectivity index (χ3v) is 6.79. The molecule has 18 heavy (non-hydrogen) atoms. The Labute approximate surface area is 115 Å². The average molecular weight is 292 g/mol. The SMILES string of the molecule is CC(C)OP(=O)(OC(C)C)SC1C=CCCCC1. The van der Waals surface area contributed by atoms with Gasteiger partial charge in [0.1, 0.15) is 0 Å². The normalized spacial score (nSPS) is 21.6. The maximum Gasteiger partial charge on any atom is 0.390 e. The van der Waals surface area contributed by atoms with Crippen LogP contribution >= 0.6 is 18.2 Å². The Balaban J connectivity index is 2.67. The van der Waals surface area contributed by atoms with Gasteiger partial charge < -0.3 is 0 Å². The largest absolute Gasteiger partial charge is 0.390 e. The van der Waals surface area contributed by atoms with Crippen LogP contribution in [0.3, 0.4) is 0 Å². The van der Waals surface area contributed by atoms with Gasteiger partial charge >= 0.3 is 6.80 Å². The number of hydrogen-bond donors (Lipinski definition) is 0. The number of rotatable bonds is 6. The molecule has 0 saturated carbocycles. The highest BCUT2D eigenvalue weighted by atomic mass is 32.7. The van der Waals surface area contributed by atoms with Crippen LogP contribution < -0.4 is 0 Å². The Morgan fingerprint density at radius 3 is 2.33 bits per heavy atom. The van der Waals surface area contributed by atoms with Crippen molar-refractivity contribution in [3.05, 3.63) is 12.2 Å². The molecule has 0 spiro atoms. The highest BCUT2D eigenvalue weighted by Crippen LogP contribution is 2.64. The lowest BCUT2D eigenvalue weighted by molar-refractivity contribution is 0.155. The Morgan fingerprint density at radius 2 is 1.78 bits per heavy atom. The molecule has 1 aliphatic rings. The summed E-state index contributed by atoms with van der Waals surface area (Å²) in [5.41, 5.74) is 0. The summed E-state index contributed by atoms with van der Waals surface area (Å²) in [7, 11) is 0. The molecule has 0 N–H and O–H groups in total. The van der Waals surface area contributed by atoms with Gasteiger partial charge in [0, 0.05) is 5.25 Å². The van der Waals surface area contributed by atoms with Crippen molar-refractivity contribution in [1.29, 1.82) is 0 Å². The van der Waals surface area contributed by atoms with Crippen molar-refractivity contribution >= 4 is 18.2 Å². The smallest absolute Gasteiger partial charge is 0.298 e. The Kier molecular flexibility index (Phi) is 7.01. The molecule has 0 bridgehead atoms. The van der Waals surface area contributed by atoms with E-state index in [9.17, 15) is 4.57 Å². The van der Waals surface area contributed by atoms with Gasteiger partial charge in [0.15, 0.2) is 0 Å². The molecule has 106 valence electrons. The molecule has 0 fully saturated rings. The molecule has 0 radical (unpaired) electrons. The lowest BCUT2D eigenvalue weighted by atomic mass is 10.2. The predicted octanol–water partition coefficient (Wildman–Crippen LogP) is 5.18. The van der Waals surface area contributed by atoms with Crippen LogP contribution in [-0.2, 0) is 13.6 Å². The molecule has 0 aromatic heterocycles. The maximum absolute atomic E-state index is 12.7. The van der Waals surface area contributed by atoms with E-state index in [0.717, 1.165) is 12.8 Å². The molecule has 0 aromatic carbocycles. The van der Waals surface area contributed by atoms with E-state index in [4.69, 9.17) is 9.05 Å². The van der Waals surface area contributed by atoms with Gasteiger partial charge in [-0.2, -0.15) is 0 Å². The van der Waals surface area contributed by atoms with Crippen LogP contribution in [0.4, 0.5) is 0 Å². The topological polar surface area (TPSA) is 35.5 Å². The zero-order chi connectivity index (χ0) is 13.6. The quantitative estimate of drug-likeness (QED) is 0.499. The van der Waals surface area contributed by atoms with Gasteiger partial charge in [0.2, 0.25) is 0 Å². The summed E-state index contributed by atoms with van der Waals surface area (Å²) in [4.78, 5) is 0. The number of allylic oxidation sites excluding steroid dienone is 1. The standard InChI is InChI=1S/C13H25O3PS/c1-11(2)15-17(14,16-12(3)4)18-13-9-7-5-6-8-10-13/h7,9,11-13H,5-6,8,10H2,1-4H3. The van der Waals surface area contributed by atoms with Crippen molar-refractivity contribution in [1.82, 2.24) is 0 Å². The van der Waals surface area contributed by atoms with Gasteiger partial charge in [-0.05, 0) is 58.3 Å². The first-order chi connectivity index (χ1) is 8.41. The van der Waals surface area contributed by atoms with E-state index in [1.807, 2.05) is 27.7 Å². The zero-order valence-electron chi connectivity index (χ0n) is 11.8. The monoisotopic (exact) mass is 292 g/mol. The van der Waals surface area contributed by atoms with E-state index < -0.39 is 6.80 Å². The first-order valence-corrected chi connectivity index (χ1v) is 9.76. The Hall–Kier alpha value is 0.240. The molecule has 5 heteroatoms. The zero-order valence-corrected chi connectivity index (χ0v) is 13.5. The summed E-state index contributed by atoms with van der Waals surface area (Å²) in [5, 5.41) is 0.246. The fraction of sp³-hybridized carbons (Fsp3) is 0.846. The third kappa shape index (κ3) is 6.42. The first-order valence-electron chi connectivity index (χ1n) is 6.73. The van der Waals surface area contributed by atoms with Crippen LogP contribution in [0.5, 0.6) is 0 Å². The van der Waals surface area contributed by atoms with Crippen LogP contribution in [0.15, 0.2) is 12.2 Å². The molecular formula is C13H25O3PS. The minimum absolute atomic E-state index is 0.0863. The van der Waals surface area contributed by atoms with Gasteiger partial charge in [0.25, 0.3) is 0 Å². The van der Waals surface area contributed by atoms with Crippen LogP contribution in [0, 0.1) is 0 Å². The summed E-state index contributed by atoms with van der Waals surface area (Å²) in [6.45, 7) is 4.50. The van der Waals surface area contributed by atoms with E-state index in [-0.39, 0.29) is 17.5 Å². The Morgan fingerprint density at radius 1 is 1.17 bits per heavy atom. The van der Waals surface area contributed by atoms with Crippen molar-refractivity contribution < 1.29 is 13.6 Å². The van der Waals surface area contributed by atoms with Gasteiger partial charge in [-0.1, -0.05) is 18.6 Å². The second kappa shape index (κ2) is 7.74. The van der Waals surface area contributed by atoms with Crippen LogP contribution in [-0.4, -0.2) is 17.5 Å². The molecule has 1 unspecified atom stereocenters. The van der Waals surface area contributed by atoms with Gasteiger partial charge in [-0.25, -0.2) is 4.57 Å². The minimum atomic E-state index is -3.05.